The molecule has 1 atom stereocenters. The van der Waals surface area contributed by atoms with Crippen LogP contribution in [-0.4, -0.2) is 58.4 Å². The Morgan fingerprint density at radius 1 is 1.17 bits per heavy atom. The van der Waals surface area contributed by atoms with Crippen LogP contribution in [0.3, 0.4) is 0 Å². The Hall–Kier alpha value is -1.95. The normalized spacial score (nSPS) is 17.5. The zero-order chi connectivity index (χ0) is 17.5. The van der Waals surface area contributed by atoms with Crippen molar-refractivity contribution in [3.63, 3.8) is 0 Å². The summed E-state index contributed by atoms with van der Waals surface area (Å²) in [6, 6.07) is 3.41. The fourth-order valence-electron chi connectivity index (χ4n) is 3.06. The molecular weight excluding hydrogens is 310 g/mol. The lowest BCUT2D eigenvalue weighted by Crippen LogP contribution is -2.41. The zero-order valence-electron chi connectivity index (χ0n) is 15.0. The van der Waals surface area contributed by atoms with Crippen molar-refractivity contribution >= 4 is 5.91 Å². The highest BCUT2D eigenvalue weighted by Gasteiger charge is 2.26. The van der Waals surface area contributed by atoms with Crippen LogP contribution in [0, 0.1) is 5.92 Å². The standard InChI is InChI=1S/C18H27NO5/c1-5-24-12-13-7-6-8-19(11-13)18(20)14-9-15(21-2)17(23-4)16(10-14)22-3/h9-10,13H,5-8,11-12H2,1-4H3. The van der Waals surface area contributed by atoms with Crippen molar-refractivity contribution in [2.45, 2.75) is 19.8 Å². The van der Waals surface area contributed by atoms with Gasteiger partial charge in [0.2, 0.25) is 5.75 Å². The van der Waals surface area contributed by atoms with Crippen molar-refractivity contribution in [3.8, 4) is 17.2 Å². The molecule has 1 heterocycles. The molecule has 6 nitrogen and oxygen atoms in total. The SMILES string of the molecule is CCOCC1CCCN(C(=O)c2cc(OC)c(OC)c(OC)c2)C1. The lowest BCUT2D eigenvalue weighted by atomic mass is 9.98. The third kappa shape index (κ3) is 4.12. The van der Waals surface area contributed by atoms with Gasteiger partial charge in [-0.15, -0.1) is 0 Å². The number of amides is 1. The number of methoxy groups -OCH3 is 3. The molecule has 0 N–H and O–H groups in total. The Labute approximate surface area is 143 Å². The van der Waals surface area contributed by atoms with Gasteiger partial charge in [0.15, 0.2) is 11.5 Å². The summed E-state index contributed by atoms with van der Waals surface area (Å²) in [5, 5.41) is 0. The molecule has 0 spiro atoms. The minimum absolute atomic E-state index is 0.0181. The summed E-state index contributed by atoms with van der Waals surface area (Å²) < 4.78 is 21.5. The van der Waals surface area contributed by atoms with E-state index in [1.165, 1.54) is 0 Å². The van der Waals surface area contributed by atoms with E-state index in [1.807, 2.05) is 11.8 Å². The van der Waals surface area contributed by atoms with Crippen molar-refractivity contribution in [1.29, 1.82) is 0 Å². The van der Waals surface area contributed by atoms with Crippen molar-refractivity contribution in [1.82, 2.24) is 4.90 Å². The molecule has 1 amide bonds. The van der Waals surface area contributed by atoms with Gasteiger partial charge in [0.25, 0.3) is 5.91 Å². The number of carbonyl (C=O) groups excluding carboxylic acids is 1. The fourth-order valence-corrected chi connectivity index (χ4v) is 3.06. The molecule has 1 fully saturated rings. The molecule has 1 unspecified atom stereocenters. The maximum absolute atomic E-state index is 12.9. The van der Waals surface area contributed by atoms with Crippen molar-refractivity contribution in [2.75, 3.05) is 47.6 Å². The van der Waals surface area contributed by atoms with Crippen LogP contribution in [0.15, 0.2) is 12.1 Å². The van der Waals surface area contributed by atoms with E-state index in [9.17, 15) is 4.79 Å². The van der Waals surface area contributed by atoms with Gasteiger partial charge >= 0.3 is 0 Å². The number of carbonyl (C=O) groups is 1. The van der Waals surface area contributed by atoms with Gasteiger partial charge in [-0.3, -0.25) is 4.79 Å². The van der Waals surface area contributed by atoms with Gasteiger partial charge in [-0.05, 0) is 37.8 Å². The first kappa shape index (κ1) is 18.4. The Balaban J connectivity index is 2.19. The van der Waals surface area contributed by atoms with E-state index in [0.717, 1.165) is 25.9 Å². The second-order valence-corrected chi connectivity index (χ2v) is 5.83. The maximum Gasteiger partial charge on any atom is 0.254 e. The molecule has 6 heteroatoms. The smallest absolute Gasteiger partial charge is 0.254 e. The molecule has 0 bridgehead atoms. The number of nitrogens with zero attached hydrogens (tertiary/aromatic N) is 1. The van der Waals surface area contributed by atoms with Gasteiger partial charge in [0.1, 0.15) is 0 Å². The number of hydrogen-bond donors (Lipinski definition) is 0. The summed E-state index contributed by atoms with van der Waals surface area (Å²) in [6.07, 6.45) is 2.09. The van der Waals surface area contributed by atoms with Crippen molar-refractivity contribution < 1.29 is 23.7 Å². The van der Waals surface area contributed by atoms with E-state index in [1.54, 1.807) is 33.5 Å². The molecule has 0 aromatic heterocycles. The second kappa shape index (κ2) is 8.78. The molecule has 1 saturated heterocycles. The first-order valence-electron chi connectivity index (χ1n) is 8.31. The minimum Gasteiger partial charge on any atom is -0.493 e. The Bertz CT molecular complexity index is 535. The molecule has 0 aliphatic carbocycles. The average molecular weight is 337 g/mol. The van der Waals surface area contributed by atoms with Crippen LogP contribution >= 0.6 is 0 Å². The molecule has 1 aromatic rings. The van der Waals surface area contributed by atoms with E-state index in [4.69, 9.17) is 18.9 Å². The van der Waals surface area contributed by atoms with E-state index in [0.29, 0.717) is 41.9 Å². The third-order valence-electron chi connectivity index (χ3n) is 4.28. The number of rotatable bonds is 7. The van der Waals surface area contributed by atoms with E-state index in [2.05, 4.69) is 0 Å². The molecule has 0 saturated carbocycles. The summed E-state index contributed by atoms with van der Waals surface area (Å²) in [5.74, 6) is 1.84. The van der Waals surface area contributed by atoms with Crippen LogP contribution < -0.4 is 14.2 Å². The number of hydrogen-bond acceptors (Lipinski definition) is 5. The van der Waals surface area contributed by atoms with Crippen LogP contribution in [0.25, 0.3) is 0 Å². The van der Waals surface area contributed by atoms with Gasteiger partial charge in [-0.25, -0.2) is 0 Å². The molecule has 0 radical (unpaired) electrons. The summed E-state index contributed by atoms with van der Waals surface area (Å²) >= 11 is 0. The van der Waals surface area contributed by atoms with Gasteiger partial charge < -0.3 is 23.8 Å². The second-order valence-electron chi connectivity index (χ2n) is 5.83. The maximum atomic E-state index is 12.9. The lowest BCUT2D eigenvalue weighted by molar-refractivity contribution is 0.0500. The van der Waals surface area contributed by atoms with E-state index in [-0.39, 0.29) is 5.91 Å². The van der Waals surface area contributed by atoms with Crippen LogP contribution in [0.5, 0.6) is 17.2 Å². The van der Waals surface area contributed by atoms with Gasteiger partial charge in [-0.2, -0.15) is 0 Å². The molecule has 1 aromatic carbocycles. The topological polar surface area (TPSA) is 57.2 Å². The molecule has 24 heavy (non-hydrogen) atoms. The highest BCUT2D eigenvalue weighted by molar-refractivity contribution is 5.95. The van der Waals surface area contributed by atoms with E-state index >= 15 is 0 Å². The summed E-state index contributed by atoms with van der Waals surface area (Å²) in [4.78, 5) is 14.8. The van der Waals surface area contributed by atoms with Gasteiger partial charge in [-0.1, -0.05) is 0 Å². The van der Waals surface area contributed by atoms with E-state index < -0.39 is 0 Å². The molecule has 1 aliphatic rings. The monoisotopic (exact) mass is 337 g/mol. The molecular formula is C18H27NO5. The molecule has 2 rings (SSSR count). The van der Waals surface area contributed by atoms with Crippen molar-refractivity contribution in [3.05, 3.63) is 17.7 Å². The van der Waals surface area contributed by atoms with Crippen LogP contribution in [-0.2, 0) is 4.74 Å². The quantitative estimate of drug-likeness (QED) is 0.765. The number of benzene rings is 1. The summed E-state index contributed by atoms with van der Waals surface area (Å²) in [5.41, 5.74) is 0.543. The predicted molar refractivity (Wildman–Crippen MR) is 91.2 cm³/mol. The minimum atomic E-state index is -0.0181. The highest BCUT2D eigenvalue weighted by Crippen LogP contribution is 2.38. The summed E-state index contributed by atoms with van der Waals surface area (Å²) in [6.45, 7) is 4.88. The largest absolute Gasteiger partial charge is 0.493 e. The first-order chi connectivity index (χ1) is 11.6. The van der Waals surface area contributed by atoms with Crippen LogP contribution in [0.2, 0.25) is 0 Å². The van der Waals surface area contributed by atoms with Gasteiger partial charge in [0, 0.05) is 25.3 Å². The van der Waals surface area contributed by atoms with Crippen molar-refractivity contribution in [2.24, 2.45) is 5.92 Å². The first-order valence-corrected chi connectivity index (χ1v) is 8.31. The third-order valence-corrected chi connectivity index (χ3v) is 4.28. The van der Waals surface area contributed by atoms with Gasteiger partial charge in [0.05, 0.1) is 27.9 Å². The Kier molecular flexibility index (Phi) is 6.73. The lowest BCUT2D eigenvalue weighted by Gasteiger charge is -2.32. The predicted octanol–water partition coefficient (Wildman–Crippen LogP) is 2.60. The average Bonchev–Trinajstić information content (AvgIpc) is 2.64. The molecule has 134 valence electrons. The van der Waals surface area contributed by atoms with Crippen LogP contribution in [0.4, 0.5) is 0 Å². The molecule has 1 aliphatic heterocycles. The summed E-state index contributed by atoms with van der Waals surface area (Å²) in [7, 11) is 4.64. The highest BCUT2D eigenvalue weighted by atomic mass is 16.5. The number of likely N-dealkylation sites (tertiary alicyclic amines) is 1. The Morgan fingerprint density at radius 2 is 1.83 bits per heavy atom. The number of piperidine rings is 1. The number of ether oxygens (including phenoxy) is 4. The Morgan fingerprint density at radius 3 is 2.38 bits per heavy atom. The van der Waals surface area contributed by atoms with Crippen LogP contribution in [0.1, 0.15) is 30.1 Å². The fraction of sp³-hybridized carbons (Fsp3) is 0.611. The zero-order valence-corrected chi connectivity index (χ0v) is 15.0.